The second-order valence-electron chi connectivity index (χ2n) is 2.76. The smallest absolute Gasteiger partial charge is 0.116 e. The zero-order chi connectivity index (χ0) is 10.8. The highest BCUT2D eigenvalue weighted by atomic mass is 16.3. The number of phenolic OH excluding ortho intramolecular Hbond substituents is 1. The lowest BCUT2D eigenvalue weighted by molar-refractivity contribution is -0.106. The first kappa shape index (κ1) is 12.7. The minimum Gasteiger partial charge on any atom is -0.508 e. The third kappa shape index (κ3) is 6.20. The van der Waals surface area contributed by atoms with Crippen LogP contribution in [0.3, 0.4) is 0 Å². The van der Waals surface area contributed by atoms with E-state index in [1.165, 1.54) is 12.5 Å². The average Bonchev–Trinajstić information content (AvgIpc) is 2.18. The van der Waals surface area contributed by atoms with Gasteiger partial charge in [0, 0.05) is 0 Å². The molecule has 0 radical (unpaired) electrons. The van der Waals surface area contributed by atoms with Gasteiger partial charge in [-0.15, -0.1) is 0 Å². The average molecular weight is 195 g/mol. The Morgan fingerprint density at radius 2 is 1.86 bits per heavy atom. The Kier molecular flexibility index (Phi) is 7.46. The fourth-order valence-electron chi connectivity index (χ4n) is 0.932. The lowest BCUT2D eigenvalue weighted by Crippen LogP contribution is -2.09. The third-order valence-electron chi connectivity index (χ3n) is 1.60. The monoisotopic (exact) mass is 195 g/mol. The molecule has 2 N–H and O–H groups in total. The fraction of sp³-hybridized carbons (Fsp3) is 0.364. The lowest BCUT2D eigenvalue weighted by atomic mass is 10.1. The minimum absolute atomic E-state index is 0.332. The summed E-state index contributed by atoms with van der Waals surface area (Å²) in [6.45, 7) is 2.42. The van der Waals surface area contributed by atoms with Crippen molar-refractivity contribution in [2.75, 3.05) is 13.6 Å². The van der Waals surface area contributed by atoms with Gasteiger partial charge in [-0.1, -0.05) is 12.1 Å². The number of hydrogen-bond acceptors (Lipinski definition) is 3. The minimum atomic E-state index is 0.332. The van der Waals surface area contributed by atoms with Gasteiger partial charge in [0.05, 0.1) is 0 Å². The van der Waals surface area contributed by atoms with Gasteiger partial charge in [-0.05, 0) is 44.6 Å². The molecule has 0 fully saturated rings. The summed E-state index contributed by atoms with van der Waals surface area (Å²) in [5, 5.41) is 12.0. The second kappa shape index (κ2) is 8.26. The van der Waals surface area contributed by atoms with Crippen LogP contribution in [0.15, 0.2) is 24.3 Å². The molecule has 14 heavy (non-hydrogen) atoms. The van der Waals surface area contributed by atoms with Gasteiger partial charge in [-0.2, -0.15) is 0 Å². The Morgan fingerprint density at radius 1 is 1.36 bits per heavy atom. The van der Waals surface area contributed by atoms with Crippen molar-refractivity contribution in [2.24, 2.45) is 0 Å². The molecule has 78 valence electrons. The summed E-state index contributed by atoms with van der Waals surface area (Å²) in [5.41, 5.74) is 1.25. The van der Waals surface area contributed by atoms with Crippen molar-refractivity contribution < 1.29 is 9.90 Å². The van der Waals surface area contributed by atoms with Crippen molar-refractivity contribution in [1.29, 1.82) is 0 Å². The van der Waals surface area contributed by atoms with Crippen LogP contribution in [0.5, 0.6) is 5.75 Å². The van der Waals surface area contributed by atoms with E-state index in [2.05, 4.69) is 5.32 Å². The molecule has 0 spiro atoms. The number of phenols is 1. The normalized spacial score (nSPS) is 8.71. The van der Waals surface area contributed by atoms with E-state index in [9.17, 15) is 0 Å². The van der Waals surface area contributed by atoms with E-state index in [1.807, 2.05) is 19.2 Å². The van der Waals surface area contributed by atoms with Crippen molar-refractivity contribution in [3.63, 3.8) is 0 Å². The standard InChI is InChI=1S/C9H13NO.C2H4O/c1-10-7-6-8-2-4-9(11)5-3-8;1-2-3/h2-5,10-11H,6-7H2,1H3;2H,1H3. The first-order valence-electron chi connectivity index (χ1n) is 4.57. The van der Waals surface area contributed by atoms with Gasteiger partial charge >= 0.3 is 0 Å². The Balaban J connectivity index is 0.000000500. The van der Waals surface area contributed by atoms with Crippen molar-refractivity contribution in [3.05, 3.63) is 29.8 Å². The number of aromatic hydroxyl groups is 1. The number of likely N-dealkylation sites (N-methyl/N-ethyl adjacent to an activating group) is 1. The lowest BCUT2D eigenvalue weighted by Gasteiger charge is -1.99. The van der Waals surface area contributed by atoms with Crippen LogP contribution >= 0.6 is 0 Å². The molecule has 1 rings (SSSR count). The van der Waals surface area contributed by atoms with Crippen LogP contribution in [0.4, 0.5) is 0 Å². The molecule has 1 aromatic carbocycles. The number of carbonyl (C=O) groups is 1. The molecule has 0 saturated heterocycles. The first-order chi connectivity index (χ1) is 6.74. The molecule has 3 nitrogen and oxygen atoms in total. The van der Waals surface area contributed by atoms with Crippen LogP contribution in [-0.4, -0.2) is 25.0 Å². The molecule has 0 saturated carbocycles. The quantitative estimate of drug-likeness (QED) is 0.716. The van der Waals surface area contributed by atoms with E-state index in [0.717, 1.165) is 19.3 Å². The van der Waals surface area contributed by atoms with E-state index in [0.29, 0.717) is 5.75 Å². The Labute approximate surface area is 84.8 Å². The van der Waals surface area contributed by atoms with Crippen molar-refractivity contribution in [2.45, 2.75) is 13.3 Å². The Bertz CT molecular complexity index is 244. The highest BCUT2D eigenvalue weighted by Crippen LogP contribution is 2.09. The molecular weight excluding hydrogens is 178 g/mol. The summed E-state index contributed by atoms with van der Waals surface area (Å²) in [6.07, 6.45) is 1.76. The predicted octanol–water partition coefficient (Wildman–Crippen LogP) is 1.36. The summed E-state index contributed by atoms with van der Waals surface area (Å²) in [5.74, 6) is 0.332. The van der Waals surface area contributed by atoms with Gasteiger partial charge < -0.3 is 15.2 Å². The van der Waals surface area contributed by atoms with Crippen LogP contribution in [0, 0.1) is 0 Å². The topological polar surface area (TPSA) is 49.3 Å². The summed E-state index contributed by atoms with van der Waals surface area (Å²) in [7, 11) is 1.93. The molecule has 3 heteroatoms. The zero-order valence-corrected chi connectivity index (χ0v) is 8.66. The maximum absolute atomic E-state index is 8.97. The van der Waals surface area contributed by atoms with E-state index in [1.54, 1.807) is 12.1 Å². The molecule has 0 bridgehead atoms. The molecule has 0 amide bonds. The van der Waals surface area contributed by atoms with Gasteiger partial charge in [-0.3, -0.25) is 0 Å². The molecular formula is C11H17NO2. The zero-order valence-electron chi connectivity index (χ0n) is 8.66. The maximum atomic E-state index is 8.97. The van der Waals surface area contributed by atoms with Crippen LogP contribution in [0.25, 0.3) is 0 Å². The number of carbonyl (C=O) groups excluding carboxylic acids is 1. The van der Waals surface area contributed by atoms with E-state index < -0.39 is 0 Å². The van der Waals surface area contributed by atoms with Crippen LogP contribution in [0.1, 0.15) is 12.5 Å². The highest BCUT2D eigenvalue weighted by Gasteiger charge is 1.90. The Hall–Kier alpha value is -1.35. The fourth-order valence-corrected chi connectivity index (χ4v) is 0.932. The van der Waals surface area contributed by atoms with Crippen molar-refractivity contribution >= 4 is 6.29 Å². The van der Waals surface area contributed by atoms with Crippen LogP contribution in [-0.2, 0) is 11.2 Å². The van der Waals surface area contributed by atoms with Crippen molar-refractivity contribution in [3.8, 4) is 5.75 Å². The molecule has 1 aromatic rings. The number of nitrogens with one attached hydrogen (secondary N) is 1. The molecule has 0 atom stereocenters. The predicted molar refractivity (Wildman–Crippen MR) is 57.5 cm³/mol. The second-order valence-corrected chi connectivity index (χ2v) is 2.76. The largest absolute Gasteiger partial charge is 0.508 e. The molecule has 0 aliphatic heterocycles. The van der Waals surface area contributed by atoms with Crippen LogP contribution in [0.2, 0.25) is 0 Å². The molecule has 0 aromatic heterocycles. The van der Waals surface area contributed by atoms with Gasteiger partial charge in [0.15, 0.2) is 0 Å². The Morgan fingerprint density at radius 3 is 2.29 bits per heavy atom. The summed E-state index contributed by atoms with van der Waals surface area (Å²) < 4.78 is 0. The molecule has 0 aliphatic carbocycles. The van der Waals surface area contributed by atoms with Crippen LogP contribution < -0.4 is 5.32 Å². The molecule has 0 unspecified atom stereocenters. The summed E-state index contributed by atoms with van der Waals surface area (Å²) >= 11 is 0. The van der Waals surface area contributed by atoms with Gasteiger partial charge in [0.1, 0.15) is 12.0 Å². The number of hydrogen-bond donors (Lipinski definition) is 2. The van der Waals surface area contributed by atoms with Gasteiger partial charge in [0.25, 0.3) is 0 Å². The van der Waals surface area contributed by atoms with Crippen molar-refractivity contribution in [1.82, 2.24) is 5.32 Å². The molecule has 0 heterocycles. The summed E-state index contributed by atoms with van der Waals surface area (Å²) in [6, 6.07) is 7.30. The SMILES string of the molecule is CC=O.CNCCc1ccc(O)cc1. The van der Waals surface area contributed by atoms with E-state index in [-0.39, 0.29) is 0 Å². The molecule has 0 aliphatic rings. The number of benzene rings is 1. The highest BCUT2D eigenvalue weighted by molar-refractivity contribution is 5.44. The van der Waals surface area contributed by atoms with Gasteiger partial charge in [0.2, 0.25) is 0 Å². The number of rotatable bonds is 3. The first-order valence-corrected chi connectivity index (χ1v) is 4.57. The third-order valence-corrected chi connectivity index (χ3v) is 1.60. The van der Waals surface area contributed by atoms with E-state index >= 15 is 0 Å². The maximum Gasteiger partial charge on any atom is 0.116 e. The van der Waals surface area contributed by atoms with Gasteiger partial charge in [-0.25, -0.2) is 0 Å². The summed E-state index contributed by atoms with van der Waals surface area (Å²) in [4.78, 5) is 8.81. The number of aldehydes is 1. The van der Waals surface area contributed by atoms with E-state index in [4.69, 9.17) is 9.90 Å².